The maximum Gasteiger partial charge on any atom is 0.160 e. The highest BCUT2D eigenvalue weighted by molar-refractivity contribution is 9.10. The zero-order chi connectivity index (χ0) is 14.0. The number of rotatable bonds is 3. The first-order valence-electron chi connectivity index (χ1n) is 5.29. The van der Waals surface area contributed by atoms with Crippen LogP contribution in [0.3, 0.4) is 0 Å². The number of hydrogen-bond acceptors (Lipinski definition) is 1. The average molecular weight is 367 g/mol. The monoisotopic (exact) mass is 365 g/mol. The summed E-state index contributed by atoms with van der Waals surface area (Å²) < 4.78 is 27.0. The van der Waals surface area contributed by atoms with E-state index in [4.69, 9.17) is 23.2 Å². The molecule has 0 spiro atoms. The van der Waals surface area contributed by atoms with Gasteiger partial charge in [-0.1, -0.05) is 29.3 Å². The van der Waals surface area contributed by atoms with E-state index in [0.29, 0.717) is 16.7 Å². The minimum atomic E-state index is -0.649. The van der Waals surface area contributed by atoms with Crippen LogP contribution in [0.2, 0.25) is 10.0 Å². The van der Waals surface area contributed by atoms with Gasteiger partial charge in [-0.25, -0.2) is 8.78 Å². The normalized spacial score (nSPS) is 10.6. The third-order valence-electron chi connectivity index (χ3n) is 2.46. The van der Waals surface area contributed by atoms with Crippen molar-refractivity contribution in [2.45, 2.75) is 6.54 Å². The van der Waals surface area contributed by atoms with Gasteiger partial charge >= 0.3 is 0 Å². The molecule has 0 aromatic heterocycles. The molecule has 0 radical (unpaired) electrons. The van der Waals surface area contributed by atoms with Crippen LogP contribution in [0.1, 0.15) is 5.56 Å². The van der Waals surface area contributed by atoms with Crippen molar-refractivity contribution in [1.29, 1.82) is 0 Å². The summed E-state index contributed by atoms with van der Waals surface area (Å²) in [6, 6.07) is 7.66. The summed E-state index contributed by atoms with van der Waals surface area (Å²) in [5, 5.41) is 2.88. The van der Waals surface area contributed by atoms with Crippen molar-refractivity contribution < 1.29 is 8.78 Å². The van der Waals surface area contributed by atoms with E-state index in [2.05, 4.69) is 21.2 Å². The van der Waals surface area contributed by atoms with Crippen LogP contribution in [0, 0.1) is 11.6 Å². The Balaban J connectivity index is 2.12. The molecule has 1 N–H and O–H groups in total. The summed E-state index contributed by atoms with van der Waals surface area (Å²) in [6.07, 6.45) is 0. The van der Waals surface area contributed by atoms with E-state index >= 15 is 0 Å². The fourth-order valence-corrected chi connectivity index (χ4v) is 2.24. The number of nitrogens with one attached hydrogen (secondary N) is 1. The molecule has 0 bridgehead atoms. The van der Waals surface area contributed by atoms with Crippen molar-refractivity contribution in [3.05, 3.63) is 62.0 Å². The highest BCUT2D eigenvalue weighted by Gasteiger charge is 2.07. The van der Waals surface area contributed by atoms with Crippen LogP contribution in [-0.2, 0) is 6.54 Å². The van der Waals surface area contributed by atoms with E-state index in [1.807, 2.05) is 0 Å². The predicted molar refractivity (Wildman–Crippen MR) is 77.8 cm³/mol. The maximum absolute atomic E-state index is 13.3. The summed E-state index contributed by atoms with van der Waals surface area (Å²) in [5.41, 5.74) is 1.32. The molecule has 6 heteroatoms. The van der Waals surface area contributed by atoms with Gasteiger partial charge in [-0.05, 0) is 45.8 Å². The maximum atomic E-state index is 13.3. The molecular formula is C13H8BrCl2F2N. The van der Waals surface area contributed by atoms with Crippen molar-refractivity contribution in [3.63, 3.8) is 0 Å². The van der Waals surface area contributed by atoms with Gasteiger partial charge in [0.1, 0.15) is 5.82 Å². The van der Waals surface area contributed by atoms with Gasteiger partial charge in [0.25, 0.3) is 0 Å². The molecule has 0 unspecified atom stereocenters. The van der Waals surface area contributed by atoms with E-state index in [-0.39, 0.29) is 15.9 Å². The zero-order valence-corrected chi connectivity index (χ0v) is 12.6. The van der Waals surface area contributed by atoms with Gasteiger partial charge < -0.3 is 5.32 Å². The molecule has 0 fully saturated rings. The fourth-order valence-electron chi connectivity index (χ4n) is 1.51. The fraction of sp³-hybridized carbons (Fsp3) is 0.0769. The van der Waals surface area contributed by atoms with Gasteiger partial charge in [-0.3, -0.25) is 0 Å². The van der Waals surface area contributed by atoms with E-state index in [9.17, 15) is 8.78 Å². The Morgan fingerprint density at radius 2 is 1.68 bits per heavy atom. The van der Waals surface area contributed by atoms with Gasteiger partial charge in [0.2, 0.25) is 0 Å². The minimum absolute atomic E-state index is 0.0583. The quantitative estimate of drug-likeness (QED) is 0.692. The molecule has 1 nitrogen and oxygen atoms in total. The molecule has 100 valence electrons. The van der Waals surface area contributed by atoms with Crippen LogP contribution in [0.25, 0.3) is 0 Å². The van der Waals surface area contributed by atoms with Crippen LogP contribution in [0.4, 0.5) is 14.5 Å². The third-order valence-corrected chi connectivity index (χ3v) is 3.66. The number of halogens is 5. The first kappa shape index (κ1) is 14.6. The van der Waals surface area contributed by atoms with Gasteiger partial charge in [0.15, 0.2) is 5.82 Å². The SMILES string of the molecule is Fc1cc(CNc2cc(Cl)c(F)c(Cl)c2)ccc1Br. The smallest absolute Gasteiger partial charge is 0.160 e. The lowest BCUT2D eigenvalue weighted by Gasteiger charge is -2.09. The first-order chi connectivity index (χ1) is 8.97. The summed E-state index contributed by atoms with van der Waals surface area (Å²) >= 11 is 14.4. The van der Waals surface area contributed by atoms with Gasteiger partial charge in [-0.2, -0.15) is 0 Å². The van der Waals surface area contributed by atoms with Crippen LogP contribution < -0.4 is 5.32 Å². The van der Waals surface area contributed by atoms with Gasteiger partial charge in [-0.15, -0.1) is 0 Å². The third kappa shape index (κ3) is 3.59. The Morgan fingerprint density at radius 1 is 1.05 bits per heavy atom. The van der Waals surface area contributed by atoms with Crippen molar-refractivity contribution in [2.24, 2.45) is 0 Å². The standard InChI is InChI=1S/C13H8BrCl2F2N/c14-9-2-1-7(3-12(9)17)6-19-8-4-10(15)13(18)11(16)5-8/h1-5,19H,6H2. The van der Waals surface area contributed by atoms with Crippen molar-refractivity contribution in [1.82, 2.24) is 0 Å². The molecule has 0 amide bonds. The molecule has 0 heterocycles. The molecule has 0 aliphatic carbocycles. The second-order valence-electron chi connectivity index (χ2n) is 3.86. The summed E-state index contributed by atoms with van der Waals surface area (Å²) in [4.78, 5) is 0. The zero-order valence-electron chi connectivity index (χ0n) is 9.48. The number of anilines is 1. The highest BCUT2D eigenvalue weighted by atomic mass is 79.9. The van der Waals surface area contributed by atoms with Crippen LogP contribution in [0.15, 0.2) is 34.8 Å². The number of benzene rings is 2. The Kier molecular flexibility index (Phi) is 4.66. The lowest BCUT2D eigenvalue weighted by atomic mass is 10.2. The second kappa shape index (κ2) is 6.07. The van der Waals surface area contributed by atoms with Crippen LogP contribution >= 0.6 is 39.1 Å². The lowest BCUT2D eigenvalue weighted by Crippen LogP contribution is -2.00. The lowest BCUT2D eigenvalue weighted by molar-refractivity contribution is 0.619. The van der Waals surface area contributed by atoms with Crippen molar-refractivity contribution in [2.75, 3.05) is 5.32 Å². The second-order valence-corrected chi connectivity index (χ2v) is 5.52. The van der Waals surface area contributed by atoms with Crippen LogP contribution in [0.5, 0.6) is 0 Å². The van der Waals surface area contributed by atoms with Crippen molar-refractivity contribution >= 4 is 44.8 Å². The molecular weight excluding hydrogens is 359 g/mol. The average Bonchev–Trinajstić information content (AvgIpc) is 2.37. The van der Waals surface area contributed by atoms with E-state index < -0.39 is 5.82 Å². The summed E-state index contributed by atoms with van der Waals surface area (Å²) in [6.45, 7) is 0.377. The van der Waals surface area contributed by atoms with E-state index in [0.717, 1.165) is 5.56 Å². The van der Waals surface area contributed by atoms with Gasteiger partial charge in [0, 0.05) is 12.2 Å². The largest absolute Gasteiger partial charge is 0.381 e. The molecule has 19 heavy (non-hydrogen) atoms. The molecule has 0 atom stereocenters. The molecule has 2 aromatic rings. The topological polar surface area (TPSA) is 12.0 Å². The molecule has 0 saturated heterocycles. The molecule has 0 saturated carbocycles. The molecule has 2 aromatic carbocycles. The summed E-state index contributed by atoms with van der Waals surface area (Å²) in [7, 11) is 0. The predicted octanol–water partition coefficient (Wildman–Crippen LogP) is 5.65. The van der Waals surface area contributed by atoms with Gasteiger partial charge in [0.05, 0.1) is 14.5 Å². The Labute approximate surface area is 127 Å². The molecule has 0 aliphatic rings. The number of hydrogen-bond donors (Lipinski definition) is 1. The van der Waals surface area contributed by atoms with Crippen molar-refractivity contribution in [3.8, 4) is 0 Å². The molecule has 2 rings (SSSR count). The highest BCUT2D eigenvalue weighted by Crippen LogP contribution is 2.27. The Hall–Kier alpha value is -0.840. The minimum Gasteiger partial charge on any atom is -0.381 e. The van der Waals surface area contributed by atoms with E-state index in [1.54, 1.807) is 12.1 Å². The Morgan fingerprint density at radius 3 is 2.26 bits per heavy atom. The van der Waals surface area contributed by atoms with E-state index in [1.165, 1.54) is 18.2 Å². The van der Waals surface area contributed by atoms with Crippen LogP contribution in [-0.4, -0.2) is 0 Å². The first-order valence-corrected chi connectivity index (χ1v) is 6.84. The Bertz CT molecular complexity index is 597. The summed E-state index contributed by atoms with van der Waals surface area (Å²) in [5.74, 6) is -0.988. The molecule has 0 aliphatic heterocycles.